The summed E-state index contributed by atoms with van der Waals surface area (Å²) in [5.74, 6) is -1.20. The van der Waals surface area contributed by atoms with Gasteiger partial charge in [-0.25, -0.2) is 9.59 Å². The molecule has 1 aliphatic carbocycles. The molecule has 106 valence electrons. The molecule has 1 saturated heterocycles. The molecule has 1 heterocycles. The normalized spacial score (nSPS) is 22.9. The van der Waals surface area contributed by atoms with Crippen molar-refractivity contribution in [3.63, 3.8) is 0 Å². The van der Waals surface area contributed by atoms with Crippen LogP contribution in [0.4, 0.5) is 4.79 Å². The minimum Gasteiger partial charge on any atom is -0.480 e. The third-order valence-electron chi connectivity index (χ3n) is 4.03. The fourth-order valence-electron chi connectivity index (χ4n) is 2.84. The van der Waals surface area contributed by atoms with Gasteiger partial charge in [0.05, 0.1) is 0 Å². The summed E-state index contributed by atoms with van der Waals surface area (Å²) >= 11 is 0. The minimum absolute atomic E-state index is 0.208. The highest BCUT2D eigenvalue weighted by molar-refractivity contribution is 5.97. The van der Waals surface area contributed by atoms with Crippen LogP contribution in [0.5, 0.6) is 0 Å². The lowest BCUT2D eigenvalue weighted by Gasteiger charge is -2.36. The summed E-state index contributed by atoms with van der Waals surface area (Å²) in [5, 5.41) is 12.0. The van der Waals surface area contributed by atoms with E-state index in [2.05, 4.69) is 5.32 Å². The van der Waals surface area contributed by atoms with Crippen LogP contribution in [0.15, 0.2) is 0 Å². The lowest BCUT2D eigenvalue weighted by Crippen LogP contribution is -2.60. The van der Waals surface area contributed by atoms with Crippen LogP contribution in [0.2, 0.25) is 0 Å². The molecule has 0 unspecified atom stereocenters. The van der Waals surface area contributed by atoms with Gasteiger partial charge in [0.2, 0.25) is 5.91 Å². The number of piperidine rings is 1. The van der Waals surface area contributed by atoms with Crippen molar-refractivity contribution in [3.05, 3.63) is 0 Å². The van der Waals surface area contributed by atoms with Crippen molar-refractivity contribution in [1.29, 1.82) is 0 Å². The van der Waals surface area contributed by atoms with E-state index in [4.69, 9.17) is 0 Å². The van der Waals surface area contributed by atoms with Gasteiger partial charge in [0.25, 0.3) is 0 Å². The van der Waals surface area contributed by atoms with Gasteiger partial charge in [0.15, 0.2) is 0 Å². The molecule has 1 aliphatic heterocycles. The average molecular weight is 268 g/mol. The van der Waals surface area contributed by atoms with Crippen molar-refractivity contribution in [2.24, 2.45) is 0 Å². The number of rotatable bonds is 2. The molecule has 3 amide bonds. The van der Waals surface area contributed by atoms with E-state index in [-0.39, 0.29) is 5.91 Å². The number of carboxylic acids is 1. The van der Waals surface area contributed by atoms with Crippen LogP contribution < -0.4 is 5.32 Å². The van der Waals surface area contributed by atoms with E-state index in [1.807, 2.05) is 0 Å². The minimum atomic E-state index is -1.19. The van der Waals surface area contributed by atoms with Crippen molar-refractivity contribution >= 4 is 17.9 Å². The Labute approximate surface area is 112 Å². The van der Waals surface area contributed by atoms with E-state index in [1.165, 1.54) is 0 Å². The van der Waals surface area contributed by atoms with Gasteiger partial charge in [-0.2, -0.15) is 0 Å². The molecule has 0 spiro atoms. The first-order valence-corrected chi connectivity index (χ1v) is 6.91. The Bertz CT molecular complexity index is 388. The molecule has 0 aromatic heterocycles. The smallest absolute Gasteiger partial charge is 0.329 e. The molecule has 0 bridgehead atoms. The number of carbonyl (C=O) groups is 3. The number of hydrogen-bond acceptors (Lipinski definition) is 3. The highest BCUT2D eigenvalue weighted by Gasteiger charge is 2.42. The van der Waals surface area contributed by atoms with Crippen LogP contribution in [0.1, 0.15) is 51.4 Å². The standard InChI is InChI=1S/C13H20N2O4/c16-10-6-2-5-9-15(10)12(19)14-13(11(17)18)7-3-1-4-8-13/h1-9H2,(H,14,19)(H,17,18). The highest BCUT2D eigenvalue weighted by Crippen LogP contribution is 2.29. The molecule has 1 saturated carbocycles. The number of imide groups is 1. The van der Waals surface area contributed by atoms with Gasteiger partial charge in [0.1, 0.15) is 5.54 Å². The molecule has 19 heavy (non-hydrogen) atoms. The number of nitrogens with zero attached hydrogens (tertiary/aromatic N) is 1. The van der Waals surface area contributed by atoms with Crippen molar-refractivity contribution in [1.82, 2.24) is 10.2 Å². The highest BCUT2D eigenvalue weighted by atomic mass is 16.4. The van der Waals surface area contributed by atoms with E-state index in [1.54, 1.807) is 0 Å². The van der Waals surface area contributed by atoms with Gasteiger partial charge < -0.3 is 10.4 Å². The number of carbonyl (C=O) groups excluding carboxylic acids is 2. The largest absolute Gasteiger partial charge is 0.480 e. The van der Waals surface area contributed by atoms with Crippen molar-refractivity contribution in [2.45, 2.75) is 56.9 Å². The second kappa shape index (κ2) is 5.59. The molecule has 0 radical (unpaired) electrons. The van der Waals surface area contributed by atoms with E-state index in [9.17, 15) is 19.5 Å². The van der Waals surface area contributed by atoms with Crippen LogP contribution in [-0.2, 0) is 9.59 Å². The molecular formula is C13H20N2O4. The molecule has 2 rings (SSSR count). The molecule has 2 aliphatic rings. The Morgan fingerprint density at radius 2 is 1.79 bits per heavy atom. The molecule has 0 aromatic rings. The molecule has 2 fully saturated rings. The van der Waals surface area contributed by atoms with Crippen LogP contribution in [0.25, 0.3) is 0 Å². The van der Waals surface area contributed by atoms with Gasteiger partial charge in [-0.05, 0) is 25.7 Å². The summed E-state index contributed by atoms with van der Waals surface area (Å²) < 4.78 is 0. The van der Waals surface area contributed by atoms with Crippen molar-refractivity contribution in [2.75, 3.05) is 6.54 Å². The van der Waals surface area contributed by atoms with Gasteiger partial charge >= 0.3 is 12.0 Å². The summed E-state index contributed by atoms with van der Waals surface area (Å²) in [6.07, 6.45) is 5.42. The summed E-state index contributed by atoms with van der Waals surface area (Å²) in [4.78, 5) is 36.4. The third kappa shape index (κ3) is 2.88. The van der Waals surface area contributed by atoms with Gasteiger partial charge in [0, 0.05) is 13.0 Å². The Hall–Kier alpha value is -1.59. The second-order valence-corrected chi connectivity index (χ2v) is 5.38. The van der Waals surface area contributed by atoms with Gasteiger partial charge in [-0.15, -0.1) is 0 Å². The Kier molecular flexibility index (Phi) is 4.07. The molecule has 0 atom stereocenters. The van der Waals surface area contributed by atoms with E-state index < -0.39 is 17.5 Å². The summed E-state index contributed by atoms with van der Waals surface area (Å²) in [7, 11) is 0. The number of likely N-dealkylation sites (tertiary alicyclic amines) is 1. The summed E-state index contributed by atoms with van der Waals surface area (Å²) in [6, 6.07) is -0.547. The number of aliphatic carboxylic acids is 1. The predicted molar refractivity (Wildman–Crippen MR) is 67.5 cm³/mol. The van der Waals surface area contributed by atoms with Gasteiger partial charge in [-0.3, -0.25) is 9.69 Å². The lowest BCUT2D eigenvalue weighted by molar-refractivity contribution is -0.146. The van der Waals surface area contributed by atoms with E-state index >= 15 is 0 Å². The maximum Gasteiger partial charge on any atom is 0.329 e. The quantitative estimate of drug-likeness (QED) is 0.794. The van der Waals surface area contributed by atoms with Gasteiger partial charge in [-0.1, -0.05) is 19.3 Å². The predicted octanol–water partition coefficient (Wildman–Crippen LogP) is 1.50. The van der Waals surface area contributed by atoms with Crippen molar-refractivity contribution < 1.29 is 19.5 Å². The maximum atomic E-state index is 12.1. The van der Waals surface area contributed by atoms with Crippen LogP contribution in [0.3, 0.4) is 0 Å². The first kappa shape index (κ1) is 13.8. The van der Waals surface area contributed by atoms with Crippen molar-refractivity contribution in [3.8, 4) is 0 Å². The zero-order valence-electron chi connectivity index (χ0n) is 11.0. The lowest BCUT2D eigenvalue weighted by atomic mass is 9.82. The van der Waals surface area contributed by atoms with Crippen LogP contribution >= 0.6 is 0 Å². The SMILES string of the molecule is O=C1CCCCN1C(=O)NC1(C(=O)O)CCCCC1. The number of nitrogens with one attached hydrogen (secondary N) is 1. The maximum absolute atomic E-state index is 12.1. The first-order valence-electron chi connectivity index (χ1n) is 6.91. The topological polar surface area (TPSA) is 86.7 Å². The zero-order chi connectivity index (χ0) is 13.9. The number of urea groups is 1. The molecule has 6 nitrogen and oxygen atoms in total. The average Bonchev–Trinajstić information content (AvgIpc) is 2.40. The Morgan fingerprint density at radius 1 is 1.11 bits per heavy atom. The molecular weight excluding hydrogens is 248 g/mol. The summed E-state index contributed by atoms with van der Waals surface area (Å²) in [6.45, 7) is 0.389. The third-order valence-corrected chi connectivity index (χ3v) is 4.03. The fraction of sp³-hybridized carbons (Fsp3) is 0.769. The van der Waals surface area contributed by atoms with Crippen LogP contribution in [-0.4, -0.2) is 40.0 Å². The fourth-order valence-corrected chi connectivity index (χ4v) is 2.84. The number of carboxylic acid groups (broad SMARTS) is 1. The Balaban J connectivity index is 2.06. The molecule has 2 N–H and O–H groups in total. The number of amides is 3. The van der Waals surface area contributed by atoms with Crippen LogP contribution in [0, 0.1) is 0 Å². The van der Waals surface area contributed by atoms with E-state index in [0.29, 0.717) is 25.8 Å². The first-order chi connectivity index (χ1) is 9.05. The van der Waals surface area contributed by atoms with E-state index in [0.717, 1.165) is 37.0 Å². The number of hydrogen-bond donors (Lipinski definition) is 2. The molecule has 6 heteroatoms. The molecule has 0 aromatic carbocycles. The summed E-state index contributed by atoms with van der Waals surface area (Å²) in [5.41, 5.74) is -1.19. The Morgan fingerprint density at radius 3 is 2.37 bits per heavy atom. The zero-order valence-corrected chi connectivity index (χ0v) is 11.0. The second-order valence-electron chi connectivity index (χ2n) is 5.38. The monoisotopic (exact) mass is 268 g/mol.